The Balaban J connectivity index is 2.96. The number of carbonyl (C=O) groups excluding carboxylic acids is 1. The number of ether oxygens (including phenoxy) is 1. The van der Waals surface area contributed by atoms with Crippen LogP contribution in [0.5, 0.6) is 0 Å². The summed E-state index contributed by atoms with van der Waals surface area (Å²) in [5.74, 6) is -0.592. The summed E-state index contributed by atoms with van der Waals surface area (Å²) in [6, 6.07) is 1.98. The average Bonchev–Trinajstić information content (AvgIpc) is 2.63. The van der Waals surface area contributed by atoms with Gasteiger partial charge in [0.05, 0.1) is 7.11 Å². The lowest BCUT2D eigenvalue weighted by molar-refractivity contribution is -0.153. The van der Waals surface area contributed by atoms with E-state index in [1.807, 2.05) is 32.2 Å². The second-order valence-corrected chi connectivity index (χ2v) is 5.05. The van der Waals surface area contributed by atoms with Crippen molar-refractivity contribution >= 4 is 17.3 Å². The fourth-order valence-corrected chi connectivity index (χ4v) is 2.36. The second-order valence-electron chi connectivity index (χ2n) is 4.14. The molecule has 0 saturated carbocycles. The molecular weight excluding hydrogens is 212 g/mol. The van der Waals surface area contributed by atoms with E-state index in [-0.39, 0.29) is 0 Å². The molecule has 1 N–H and O–H groups in total. The van der Waals surface area contributed by atoms with Crippen LogP contribution in [-0.2, 0) is 14.9 Å². The molecule has 0 aliphatic carbocycles. The van der Waals surface area contributed by atoms with Crippen molar-refractivity contribution < 1.29 is 14.6 Å². The number of thiophene rings is 1. The molecule has 0 fully saturated rings. The van der Waals surface area contributed by atoms with Crippen molar-refractivity contribution in [3.8, 4) is 0 Å². The molecule has 4 heteroatoms. The quantitative estimate of drug-likeness (QED) is 0.803. The van der Waals surface area contributed by atoms with E-state index in [0.717, 1.165) is 10.4 Å². The van der Waals surface area contributed by atoms with E-state index in [1.165, 1.54) is 7.11 Å². The number of carbonyl (C=O) groups is 1. The molecule has 0 radical (unpaired) electrons. The topological polar surface area (TPSA) is 46.5 Å². The zero-order chi connectivity index (χ0) is 11.6. The molecule has 84 valence electrons. The largest absolute Gasteiger partial charge is 0.467 e. The molecule has 0 aliphatic rings. The Bertz CT molecular complexity index is 354. The van der Waals surface area contributed by atoms with Gasteiger partial charge in [-0.05, 0) is 23.9 Å². The van der Waals surface area contributed by atoms with Gasteiger partial charge < -0.3 is 9.84 Å². The van der Waals surface area contributed by atoms with E-state index in [4.69, 9.17) is 0 Å². The molecule has 0 aliphatic heterocycles. The third kappa shape index (κ3) is 2.38. The number of aliphatic hydroxyl groups excluding tert-OH is 1. The number of hydrogen-bond donors (Lipinski definition) is 1. The summed E-state index contributed by atoms with van der Waals surface area (Å²) in [4.78, 5) is 12.3. The molecule has 0 amide bonds. The normalized spacial score (nSPS) is 13.7. The predicted molar refractivity (Wildman–Crippen MR) is 60.1 cm³/mol. The summed E-state index contributed by atoms with van der Waals surface area (Å²) >= 11 is 1.54. The highest BCUT2D eigenvalue weighted by atomic mass is 32.1. The summed E-state index contributed by atoms with van der Waals surface area (Å²) in [7, 11) is 1.28. The van der Waals surface area contributed by atoms with Gasteiger partial charge in [-0.1, -0.05) is 13.8 Å². The Labute approximate surface area is 93.7 Å². The lowest BCUT2D eigenvalue weighted by atomic mass is 9.84. The number of hydrogen-bond acceptors (Lipinski definition) is 4. The summed E-state index contributed by atoms with van der Waals surface area (Å²) < 4.78 is 4.54. The molecule has 0 bridgehead atoms. The van der Waals surface area contributed by atoms with Crippen LogP contribution < -0.4 is 0 Å². The van der Waals surface area contributed by atoms with Gasteiger partial charge in [-0.3, -0.25) is 0 Å². The van der Waals surface area contributed by atoms with Crippen LogP contribution in [-0.4, -0.2) is 24.3 Å². The predicted octanol–water partition coefficient (Wildman–Crippen LogP) is 1.87. The monoisotopic (exact) mass is 228 g/mol. The van der Waals surface area contributed by atoms with Crippen LogP contribution in [0.4, 0.5) is 0 Å². The third-order valence-electron chi connectivity index (χ3n) is 2.47. The average molecular weight is 228 g/mol. The minimum absolute atomic E-state index is 0.592. The fourth-order valence-electron chi connectivity index (χ4n) is 1.31. The maximum atomic E-state index is 11.3. The van der Waals surface area contributed by atoms with Gasteiger partial charge in [0.1, 0.15) is 0 Å². The molecule has 0 aromatic carbocycles. The first-order chi connectivity index (χ1) is 6.89. The summed E-state index contributed by atoms with van der Waals surface area (Å²) in [5, 5.41) is 11.8. The standard InChI is InChI=1S/C11H16O3S/c1-7-5-8(15-6-7)11(2,3)9(12)10(13)14-4/h5-6,9,12H,1-4H3. The van der Waals surface area contributed by atoms with Crippen molar-refractivity contribution in [2.45, 2.75) is 32.3 Å². The van der Waals surface area contributed by atoms with E-state index in [1.54, 1.807) is 11.3 Å². The molecule has 1 aromatic rings. The van der Waals surface area contributed by atoms with Gasteiger partial charge in [0.25, 0.3) is 0 Å². The van der Waals surface area contributed by atoms with Gasteiger partial charge in [-0.25, -0.2) is 4.79 Å². The van der Waals surface area contributed by atoms with Crippen LogP contribution in [0, 0.1) is 6.92 Å². The second kappa shape index (κ2) is 4.33. The maximum Gasteiger partial charge on any atom is 0.335 e. The molecule has 1 rings (SSSR count). The SMILES string of the molecule is COC(=O)C(O)C(C)(C)c1cc(C)cs1. The number of aryl methyl sites for hydroxylation is 1. The van der Waals surface area contributed by atoms with E-state index in [0.29, 0.717) is 0 Å². The molecule has 0 spiro atoms. The molecule has 1 unspecified atom stereocenters. The minimum atomic E-state index is -1.12. The molecule has 1 atom stereocenters. The molecule has 1 heterocycles. The Kier molecular flexibility index (Phi) is 3.52. The Hall–Kier alpha value is -0.870. The van der Waals surface area contributed by atoms with Crippen LogP contribution >= 0.6 is 11.3 Å². The zero-order valence-electron chi connectivity index (χ0n) is 9.40. The third-order valence-corrected chi connectivity index (χ3v) is 3.86. The van der Waals surface area contributed by atoms with Crippen LogP contribution in [0.3, 0.4) is 0 Å². The molecule has 3 nitrogen and oxygen atoms in total. The summed E-state index contributed by atoms with van der Waals surface area (Å²) in [5.41, 5.74) is 0.534. The Morgan fingerprint density at radius 3 is 2.60 bits per heavy atom. The first kappa shape index (κ1) is 12.2. The van der Waals surface area contributed by atoms with Gasteiger partial charge in [0.2, 0.25) is 0 Å². The highest BCUT2D eigenvalue weighted by molar-refractivity contribution is 7.10. The van der Waals surface area contributed by atoms with Gasteiger partial charge in [0, 0.05) is 10.3 Å². The van der Waals surface area contributed by atoms with Crippen molar-refractivity contribution in [3.05, 3.63) is 21.9 Å². The molecule has 1 aromatic heterocycles. The van der Waals surface area contributed by atoms with Crippen LogP contribution in [0.1, 0.15) is 24.3 Å². The van der Waals surface area contributed by atoms with E-state index in [9.17, 15) is 9.90 Å². The summed E-state index contributed by atoms with van der Waals surface area (Å²) in [6.45, 7) is 5.65. The Morgan fingerprint density at radius 2 is 2.20 bits per heavy atom. The lowest BCUT2D eigenvalue weighted by Crippen LogP contribution is -2.40. The molecule has 15 heavy (non-hydrogen) atoms. The van der Waals surface area contributed by atoms with Gasteiger partial charge in [-0.15, -0.1) is 11.3 Å². The lowest BCUT2D eigenvalue weighted by Gasteiger charge is -2.27. The van der Waals surface area contributed by atoms with E-state index in [2.05, 4.69) is 4.74 Å². The van der Waals surface area contributed by atoms with Crippen molar-refractivity contribution in [3.63, 3.8) is 0 Å². The first-order valence-corrected chi connectivity index (χ1v) is 5.59. The van der Waals surface area contributed by atoms with E-state index < -0.39 is 17.5 Å². The van der Waals surface area contributed by atoms with Crippen LogP contribution in [0.15, 0.2) is 11.4 Å². The summed E-state index contributed by atoms with van der Waals surface area (Å²) in [6.07, 6.45) is -1.12. The van der Waals surface area contributed by atoms with Crippen LogP contribution in [0.25, 0.3) is 0 Å². The number of rotatable bonds is 3. The minimum Gasteiger partial charge on any atom is -0.467 e. The fraction of sp³-hybridized carbons (Fsp3) is 0.545. The number of esters is 1. The molecule has 0 saturated heterocycles. The first-order valence-electron chi connectivity index (χ1n) is 4.71. The van der Waals surface area contributed by atoms with E-state index >= 15 is 0 Å². The number of methoxy groups -OCH3 is 1. The highest BCUT2D eigenvalue weighted by Gasteiger charge is 2.36. The van der Waals surface area contributed by atoms with Crippen molar-refractivity contribution in [2.24, 2.45) is 0 Å². The number of aliphatic hydroxyl groups is 1. The van der Waals surface area contributed by atoms with Crippen molar-refractivity contribution in [1.29, 1.82) is 0 Å². The smallest absolute Gasteiger partial charge is 0.335 e. The highest BCUT2D eigenvalue weighted by Crippen LogP contribution is 2.32. The van der Waals surface area contributed by atoms with Crippen LogP contribution in [0.2, 0.25) is 0 Å². The Morgan fingerprint density at radius 1 is 1.60 bits per heavy atom. The van der Waals surface area contributed by atoms with Gasteiger partial charge in [0.15, 0.2) is 6.10 Å². The molecular formula is C11H16O3S. The van der Waals surface area contributed by atoms with Gasteiger partial charge >= 0.3 is 5.97 Å². The van der Waals surface area contributed by atoms with Gasteiger partial charge in [-0.2, -0.15) is 0 Å². The van der Waals surface area contributed by atoms with Crippen molar-refractivity contribution in [1.82, 2.24) is 0 Å². The maximum absolute atomic E-state index is 11.3. The van der Waals surface area contributed by atoms with Crippen molar-refractivity contribution in [2.75, 3.05) is 7.11 Å². The zero-order valence-corrected chi connectivity index (χ0v) is 10.2.